The first kappa shape index (κ1) is 9.00. The average molecular weight is 183 g/mol. The van der Waals surface area contributed by atoms with Gasteiger partial charge in [0.25, 0.3) is 0 Å². The number of piperidine rings is 1. The normalized spacial score (nSPS) is 37.8. The Labute approximate surface area is 79.0 Å². The molecule has 2 aliphatic heterocycles. The molecule has 0 aromatic heterocycles. The molecule has 2 rings (SSSR count). The molecule has 1 amide bonds. The van der Waals surface area contributed by atoms with Crippen LogP contribution in [0.15, 0.2) is 0 Å². The summed E-state index contributed by atoms with van der Waals surface area (Å²) in [5.74, 6) is 0.441. The van der Waals surface area contributed by atoms with E-state index in [1.54, 1.807) is 0 Å². The lowest BCUT2D eigenvalue weighted by Gasteiger charge is -2.39. The third kappa shape index (κ3) is 1.26. The second-order valence-corrected chi connectivity index (χ2v) is 4.60. The van der Waals surface area contributed by atoms with Crippen LogP contribution in [-0.4, -0.2) is 29.2 Å². The zero-order chi connectivity index (χ0) is 9.64. The molecule has 13 heavy (non-hydrogen) atoms. The second-order valence-electron chi connectivity index (χ2n) is 4.60. The number of ether oxygens (including phenoxy) is 1. The van der Waals surface area contributed by atoms with Gasteiger partial charge in [-0.1, -0.05) is 6.92 Å². The van der Waals surface area contributed by atoms with Crippen LogP contribution in [0, 0.1) is 5.92 Å². The third-order valence-electron chi connectivity index (χ3n) is 3.17. The molecule has 2 fully saturated rings. The molecule has 2 saturated heterocycles. The largest absolute Gasteiger partial charge is 0.354 e. The SMILES string of the molecule is C[C@H]1CC[C@H]2COC(C)(C)N2C1=O. The van der Waals surface area contributed by atoms with Gasteiger partial charge < -0.3 is 9.64 Å². The Bertz CT molecular complexity index is 237. The minimum absolute atomic E-state index is 0.178. The molecule has 74 valence electrons. The fraction of sp³-hybridized carbons (Fsp3) is 0.900. The lowest BCUT2D eigenvalue weighted by atomic mass is 9.93. The molecule has 0 aromatic carbocycles. The molecule has 0 spiro atoms. The van der Waals surface area contributed by atoms with Gasteiger partial charge in [0.15, 0.2) is 0 Å². The highest BCUT2D eigenvalue weighted by Gasteiger charge is 2.47. The summed E-state index contributed by atoms with van der Waals surface area (Å²) < 4.78 is 5.61. The summed E-state index contributed by atoms with van der Waals surface area (Å²) in [6.07, 6.45) is 2.11. The van der Waals surface area contributed by atoms with Crippen molar-refractivity contribution >= 4 is 5.91 Å². The molecule has 0 unspecified atom stereocenters. The number of rotatable bonds is 0. The van der Waals surface area contributed by atoms with E-state index in [1.165, 1.54) is 0 Å². The number of hydrogen-bond acceptors (Lipinski definition) is 2. The van der Waals surface area contributed by atoms with Crippen molar-refractivity contribution in [3.8, 4) is 0 Å². The van der Waals surface area contributed by atoms with Crippen molar-refractivity contribution in [2.24, 2.45) is 5.92 Å². The van der Waals surface area contributed by atoms with E-state index in [0.29, 0.717) is 12.6 Å². The van der Waals surface area contributed by atoms with E-state index in [1.807, 2.05) is 25.7 Å². The van der Waals surface area contributed by atoms with Gasteiger partial charge in [0.1, 0.15) is 5.72 Å². The van der Waals surface area contributed by atoms with Gasteiger partial charge in [0, 0.05) is 5.92 Å². The van der Waals surface area contributed by atoms with Crippen molar-refractivity contribution in [1.82, 2.24) is 4.90 Å². The first-order chi connectivity index (χ1) is 6.02. The fourth-order valence-corrected chi connectivity index (χ4v) is 2.34. The van der Waals surface area contributed by atoms with Gasteiger partial charge in [-0.05, 0) is 26.7 Å². The van der Waals surface area contributed by atoms with Crippen molar-refractivity contribution in [2.45, 2.75) is 45.4 Å². The first-order valence-corrected chi connectivity index (χ1v) is 4.99. The summed E-state index contributed by atoms with van der Waals surface area (Å²) in [6.45, 7) is 6.67. The molecule has 2 atom stereocenters. The summed E-state index contributed by atoms with van der Waals surface area (Å²) in [6, 6.07) is 0.332. The number of hydrogen-bond donors (Lipinski definition) is 0. The first-order valence-electron chi connectivity index (χ1n) is 4.99. The van der Waals surface area contributed by atoms with Gasteiger partial charge in [0.05, 0.1) is 12.6 Å². The van der Waals surface area contributed by atoms with E-state index < -0.39 is 0 Å². The maximum Gasteiger partial charge on any atom is 0.227 e. The molecule has 0 aliphatic carbocycles. The van der Waals surface area contributed by atoms with Crippen molar-refractivity contribution < 1.29 is 9.53 Å². The molecule has 0 bridgehead atoms. The molecule has 3 nitrogen and oxygen atoms in total. The quantitative estimate of drug-likeness (QED) is 0.568. The number of fused-ring (bicyclic) bond motifs is 1. The average Bonchev–Trinajstić information content (AvgIpc) is 2.35. The van der Waals surface area contributed by atoms with Crippen LogP contribution < -0.4 is 0 Å². The Kier molecular flexibility index (Phi) is 1.88. The zero-order valence-electron chi connectivity index (χ0n) is 8.54. The Morgan fingerprint density at radius 2 is 2.15 bits per heavy atom. The predicted octanol–water partition coefficient (Wildman–Crippen LogP) is 1.38. The van der Waals surface area contributed by atoms with Crippen molar-refractivity contribution in [1.29, 1.82) is 0 Å². The van der Waals surface area contributed by atoms with Crippen LogP contribution in [-0.2, 0) is 9.53 Å². The standard InChI is InChI=1S/C10H17NO2/c1-7-4-5-8-6-13-10(2,3)11(8)9(7)12/h7-8H,4-6H2,1-3H3/t7-,8-/m0/s1. The second kappa shape index (κ2) is 2.71. The third-order valence-corrected chi connectivity index (χ3v) is 3.17. The summed E-state index contributed by atoms with van der Waals surface area (Å²) in [7, 11) is 0. The lowest BCUT2D eigenvalue weighted by molar-refractivity contribution is -0.153. The Morgan fingerprint density at radius 1 is 1.46 bits per heavy atom. The predicted molar refractivity (Wildman–Crippen MR) is 49.1 cm³/mol. The number of amides is 1. The highest BCUT2D eigenvalue weighted by Crippen LogP contribution is 2.35. The van der Waals surface area contributed by atoms with Crippen LogP contribution in [0.1, 0.15) is 33.6 Å². The molecule has 2 aliphatic rings. The highest BCUT2D eigenvalue weighted by atomic mass is 16.5. The van der Waals surface area contributed by atoms with E-state index in [-0.39, 0.29) is 17.6 Å². The van der Waals surface area contributed by atoms with Crippen LogP contribution >= 0.6 is 0 Å². The molecule has 0 saturated carbocycles. The van der Waals surface area contributed by atoms with E-state index in [0.717, 1.165) is 12.8 Å². The van der Waals surface area contributed by atoms with E-state index >= 15 is 0 Å². The molecule has 0 N–H and O–H groups in total. The number of carbonyl (C=O) groups excluding carboxylic acids is 1. The Morgan fingerprint density at radius 3 is 2.85 bits per heavy atom. The molecule has 0 radical (unpaired) electrons. The van der Waals surface area contributed by atoms with Gasteiger partial charge in [-0.2, -0.15) is 0 Å². The zero-order valence-corrected chi connectivity index (χ0v) is 8.54. The fourth-order valence-electron chi connectivity index (χ4n) is 2.34. The summed E-state index contributed by atoms with van der Waals surface area (Å²) in [5.41, 5.74) is -0.379. The smallest absolute Gasteiger partial charge is 0.227 e. The van der Waals surface area contributed by atoms with Crippen LogP contribution in [0.4, 0.5) is 0 Å². The maximum atomic E-state index is 11.9. The van der Waals surface area contributed by atoms with E-state index in [4.69, 9.17) is 4.74 Å². The van der Waals surface area contributed by atoms with Crippen LogP contribution in [0.5, 0.6) is 0 Å². The van der Waals surface area contributed by atoms with Crippen molar-refractivity contribution in [3.05, 3.63) is 0 Å². The van der Waals surface area contributed by atoms with E-state index in [2.05, 4.69) is 0 Å². The Hall–Kier alpha value is -0.570. The molecule has 3 heteroatoms. The molecule has 2 heterocycles. The van der Waals surface area contributed by atoms with Gasteiger partial charge in [-0.25, -0.2) is 0 Å². The molecular formula is C10H17NO2. The van der Waals surface area contributed by atoms with Crippen LogP contribution in [0.3, 0.4) is 0 Å². The van der Waals surface area contributed by atoms with Gasteiger partial charge in [-0.15, -0.1) is 0 Å². The maximum absolute atomic E-state index is 11.9. The van der Waals surface area contributed by atoms with Crippen molar-refractivity contribution in [3.63, 3.8) is 0 Å². The minimum Gasteiger partial charge on any atom is -0.354 e. The van der Waals surface area contributed by atoms with E-state index in [9.17, 15) is 4.79 Å². The molecule has 0 aromatic rings. The number of carbonyl (C=O) groups is 1. The van der Waals surface area contributed by atoms with Gasteiger partial charge in [-0.3, -0.25) is 4.79 Å². The Balaban J connectivity index is 2.25. The summed E-state index contributed by atoms with van der Waals surface area (Å²) in [5, 5.41) is 0. The van der Waals surface area contributed by atoms with Crippen molar-refractivity contribution in [2.75, 3.05) is 6.61 Å². The highest BCUT2D eigenvalue weighted by molar-refractivity contribution is 5.80. The summed E-state index contributed by atoms with van der Waals surface area (Å²) in [4.78, 5) is 13.8. The van der Waals surface area contributed by atoms with Crippen LogP contribution in [0.25, 0.3) is 0 Å². The van der Waals surface area contributed by atoms with Gasteiger partial charge in [0.2, 0.25) is 5.91 Å². The van der Waals surface area contributed by atoms with Gasteiger partial charge >= 0.3 is 0 Å². The minimum atomic E-state index is -0.379. The summed E-state index contributed by atoms with van der Waals surface area (Å²) >= 11 is 0. The monoisotopic (exact) mass is 183 g/mol. The lowest BCUT2D eigenvalue weighted by Crippen LogP contribution is -2.52. The van der Waals surface area contributed by atoms with Crippen LogP contribution in [0.2, 0.25) is 0 Å². The topological polar surface area (TPSA) is 29.5 Å². The molecular weight excluding hydrogens is 166 g/mol. The number of nitrogens with zero attached hydrogens (tertiary/aromatic N) is 1.